The summed E-state index contributed by atoms with van der Waals surface area (Å²) in [5, 5.41) is 5.99. The van der Waals surface area contributed by atoms with Crippen molar-refractivity contribution in [3.05, 3.63) is 34.6 Å². The summed E-state index contributed by atoms with van der Waals surface area (Å²) >= 11 is 3.32. The molecular weight excluding hydrogens is 391 g/mol. The molecule has 0 radical (unpaired) electrons. The molecule has 0 saturated heterocycles. The monoisotopic (exact) mass is 405 g/mol. The van der Waals surface area contributed by atoms with Crippen molar-refractivity contribution < 1.29 is 17.9 Å². The minimum atomic E-state index is -4.37. The Morgan fingerprint density at radius 3 is 2.62 bits per heavy atom. The van der Waals surface area contributed by atoms with E-state index < -0.39 is 12.8 Å². The van der Waals surface area contributed by atoms with Crippen LogP contribution in [0.2, 0.25) is 0 Å². The molecule has 0 bridgehead atoms. The summed E-state index contributed by atoms with van der Waals surface area (Å²) in [6, 6.07) is 3.08. The molecule has 2 N–H and O–H groups in total. The highest BCUT2D eigenvalue weighted by atomic mass is 79.9. The molecule has 2 rings (SSSR count). The van der Waals surface area contributed by atoms with Crippen LogP contribution in [0.15, 0.2) is 29.0 Å². The molecule has 0 unspecified atom stereocenters. The Balaban J connectivity index is 1.82. The third kappa shape index (κ3) is 5.84. The Labute approximate surface area is 145 Å². The molecule has 0 amide bonds. The lowest BCUT2D eigenvalue weighted by Gasteiger charge is -2.09. The smallest absolute Gasteiger partial charge is 0.422 e. The normalized spacial score (nSPS) is 11.2. The number of rotatable bonds is 7. The van der Waals surface area contributed by atoms with Crippen LogP contribution in [-0.2, 0) is 6.42 Å². The molecule has 10 heteroatoms. The van der Waals surface area contributed by atoms with Crippen LogP contribution in [0.25, 0.3) is 0 Å². The predicted molar refractivity (Wildman–Crippen MR) is 87.3 cm³/mol. The van der Waals surface area contributed by atoms with Crippen LogP contribution in [0.3, 0.4) is 0 Å². The maximum atomic E-state index is 12.0. The molecule has 0 aliphatic rings. The van der Waals surface area contributed by atoms with Gasteiger partial charge in [-0.2, -0.15) is 18.2 Å². The second-order valence-electron chi connectivity index (χ2n) is 4.73. The van der Waals surface area contributed by atoms with Gasteiger partial charge in [-0.1, -0.05) is 6.07 Å². The van der Waals surface area contributed by atoms with Crippen LogP contribution in [0.1, 0.15) is 5.56 Å². The van der Waals surface area contributed by atoms with Crippen LogP contribution < -0.4 is 15.4 Å². The van der Waals surface area contributed by atoms with Crippen LogP contribution >= 0.6 is 15.9 Å². The fourth-order valence-electron chi connectivity index (χ4n) is 1.75. The molecule has 0 aliphatic heterocycles. The molecule has 0 fully saturated rings. The van der Waals surface area contributed by atoms with E-state index in [1.54, 1.807) is 19.3 Å². The molecule has 0 aromatic carbocycles. The van der Waals surface area contributed by atoms with Crippen molar-refractivity contribution in [1.29, 1.82) is 0 Å². The van der Waals surface area contributed by atoms with Gasteiger partial charge in [-0.05, 0) is 27.9 Å². The highest BCUT2D eigenvalue weighted by Crippen LogP contribution is 2.19. The zero-order valence-corrected chi connectivity index (χ0v) is 14.3. The number of nitrogens with zero attached hydrogens (tertiary/aromatic N) is 3. The summed E-state index contributed by atoms with van der Waals surface area (Å²) in [6.45, 7) is -0.801. The molecule has 24 heavy (non-hydrogen) atoms. The average Bonchev–Trinajstić information content (AvgIpc) is 2.55. The minimum Gasteiger partial charge on any atom is -0.468 e. The number of anilines is 2. The number of hydrogen-bond donors (Lipinski definition) is 2. The van der Waals surface area contributed by atoms with Crippen LogP contribution in [0.5, 0.6) is 5.88 Å². The summed E-state index contributed by atoms with van der Waals surface area (Å²) < 4.78 is 41.5. The molecule has 0 saturated carbocycles. The first-order chi connectivity index (χ1) is 11.4. The van der Waals surface area contributed by atoms with E-state index >= 15 is 0 Å². The predicted octanol–water partition coefficient (Wildman–Crippen LogP) is 3.27. The third-order valence-corrected chi connectivity index (χ3v) is 3.44. The highest BCUT2D eigenvalue weighted by Gasteiger charge is 2.28. The molecule has 0 aliphatic carbocycles. The van der Waals surface area contributed by atoms with Gasteiger partial charge in [-0.25, -0.2) is 9.97 Å². The standard InChI is InChI=1S/C14H15BrF3N5O/c1-19-12-10(15)7-22-13(23-12)20-5-4-9-2-3-11(21-6-9)24-8-14(16,17)18/h2-3,6-7H,4-5,8H2,1H3,(H2,19,20,22,23). The SMILES string of the molecule is CNc1nc(NCCc2ccc(OCC(F)(F)F)nc2)ncc1Br. The Kier molecular flexibility index (Phi) is 6.18. The van der Waals surface area contributed by atoms with Gasteiger partial charge in [-0.15, -0.1) is 0 Å². The third-order valence-electron chi connectivity index (χ3n) is 2.86. The van der Waals surface area contributed by atoms with Gasteiger partial charge in [0.1, 0.15) is 5.82 Å². The number of pyridine rings is 1. The molecular formula is C14H15BrF3N5O. The van der Waals surface area contributed by atoms with Gasteiger partial charge in [0.25, 0.3) is 0 Å². The highest BCUT2D eigenvalue weighted by molar-refractivity contribution is 9.10. The molecule has 2 heterocycles. The minimum absolute atomic E-state index is 0.0565. The van der Waals surface area contributed by atoms with E-state index in [9.17, 15) is 13.2 Å². The van der Waals surface area contributed by atoms with E-state index in [1.165, 1.54) is 12.3 Å². The van der Waals surface area contributed by atoms with E-state index in [-0.39, 0.29) is 5.88 Å². The van der Waals surface area contributed by atoms with Gasteiger partial charge in [0.2, 0.25) is 11.8 Å². The zero-order valence-electron chi connectivity index (χ0n) is 12.7. The Morgan fingerprint density at radius 2 is 2.00 bits per heavy atom. The zero-order chi connectivity index (χ0) is 17.6. The van der Waals surface area contributed by atoms with Crippen molar-refractivity contribution in [1.82, 2.24) is 15.0 Å². The topological polar surface area (TPSA) is 72.0 Å². The lowest BCUT2D eigenvalue weighted by molar-refractivity contribution is -0.154. The van der Waals surface area contributed by atoms with Gasteiger partial charge in [0.05, 0.1) is 4.47 Å². The van der Waals surface area contributed by atoms with Crippen molar-refractivity contribution in [3.63, 3.8) is 0 Å². The Bertz CT molecular complexity index is 666. The number of halogens is 4. The molecule has 2 aromatic rings. The number of aromatic nitrogens is 3. The van der Waals surface area contributed by atoms with Crippen molar-refractivity contribution in [2.45, 2.75) is 12.6 Å². The number of hydrogen-bond acceptors (Lipinski definition) is 6. The molecule has 6 nitrogen and oxygen atoms in total. The second-order valence-corrected chi connectivity index (χ2v) is 5.58. The first kappa shape index (κ1) is 18.2. The Hall–Kier alpha value is -2.10. The molecule has 2 aromatic heterocycles. The van der Waals surface area contributed by atoms with Gasteiger partial charge in [0, 0.05) is 32.1 Å². The van der Waals surface area contributed by atoms with E-state index in [1.807, 2.05) is 0 Å². The second kappa shape index (κ2) is 8.13. The van der Waals surface area contributed by atoms with Crippen LogP contribution in [0, 0.1) is 0 Å². The van der Waals surface area contributed by atoms with Crippen LogP contribution in [-0.4, -0.2) is 41.3 Å². The maximum Gasteiger partial charge on any atom is 0.422 e. The van der Waals surface area contributed by atoms with Gasteiger partial charge in [0.15, 0.2) is 6.61 Å². The summed E-state index contributed by atoms with van der Waals surface area (Å²) in [6.07, 6.45) is -0.646. The fraction of sp³-hybridized carbons (Fsp3) is 0.357. The van der Waals surface area contributed by atoms with Crippen molar-refractivity contribution in [3.8, 4) is 5.88 Å². The first-order valence-electron chi connectivity index (χ1n) is 6.96. The summed E-state index contributed by atoms with van der Waals surface area (Å²) in [5.74, 6) is 1.08. The summed E-state index contributed by atoms with van der Waals surface area (Å²) in [7, 11) is 1.75. The van der Waals surface area contributed by atoms with E-state index in [4.69, 9.17) is 0 Å². The van der Waals surface area contributed by atoms with Gasteiger partial charge in [-0.3, -0.25) is 0 Å². The lowest BCUT2D eigenvalue weighted by atomic mass is 10.2. The van der Waals surface area contributed by atoms with Crippen molar-refractivity contribution in [2.75, 3.05) is 30.8 Å². The fourth-order valence-corrected chi connectivity index (χ4v) is 2.14. The average molecular weight is 406 g/mol. The first-order valence-corrected chi connectivity index (χ1v) is 7.75. The molecule has 130 valence electrons. The number of alkyl halides is 3. The van der Waals surface area contributed by atoms with Crippen molar-refractivity contribution >= 4 is 27.7 Å². The van der Waals surface area contributed by atoms with Crippen molar-refractivity contribution in [2.24, 2.45) is 0 Å². The van der Waals surface area contributed by atoms with Gasteiger partial charge >= 0.3 is 6.18 Å². The van der Waals surface area contributed by atoms with Gasteiger partial charge < -0.3 is 15.4 Å². The van der Waals surface area contributed by atoms with E-state index in [0.29, 0.717) is 24.7 Å². The number of nitrogens with one attached hydrogen (secondary N) is 2. The van der Waals surface area contributed by atoms with Crippen LogP contribution in [0.4, 0.5) is 24.9 Å². The lowest BCUT2D eigenvalue weighted by Crippen LogP contribution is -2.19. The quantitative estimate of drug-likeness (QED) is 0.736. The molecule has 0 atom stereocenters. The Morgan fingerprint density at radius 1 is 1.21 bits per heavy atom. The summed E-state index contributed by atoms with van der Waals surface area (Å²) in [5.41, 5.74) is 0.854. The summed E-state index contributed by atoms with van der Waals surface area (Å²) in [4.78, 5) is 12.2. The molecule has 0 spiro atoms. The maximum absolute atomic E-state index is 12.0. The number of ether oxygens (including phenoxy) is 1. The van der Waals surface area contributed by atoms with E-state index in [0.717, 1.165) is 10.0 Å². The largest absolute Gasteiger partial charge is 0.468 e. The van der Waals surface area contributed by atoms with E-state index in [2.05, 4.69) is 46.3 Å².